The smallest absolute Gasteiger partial charge is 0.125 e. The molecule has 19 heavy (non-hydrogen) atoms. The van der Waals surface area contributed by atoms with Crippen molar-refractivity contribution in [3.8, 4) is 0 Å². The lowest BCUT2D eigenvalue weighted by Crippen LogP contribution is -2.04. The molecular formula is C15H14ClN3. The highest BCUT2D eigenvalue weighted by Crippen LogP contribution is 2.22. The van der Waals surface area contributed by atoms with Crippen molar-refractivity contribution in [2.75, 3.05) is 0 Å². The SMILES string of the molecule is Cc1cccc2nc(CCl)n(Cc3ccncc3)c12. The minimum atomic E-state index is 0.416. The summed E-state index contributed by atoms with van der Waals surface area (Å²) in [6, 6.07) is 10.2. The predicted molar refractivity (Wildman–Crippen MR) is 77.4 cm³/mol. The first-order valence-electron chi connectivity index (χ1n) is 6.19. The van der Waals surface area contributed by atoms with Gasteiger partial charge < -0.3 is 4.57 Å². The Morgan fingerprint density at radius 1 is 1.16 bits per heavy atom. The third-order valence-corrected chi connectivity index (χ3v) is 3.50. The number of fused-ring (bicyclic) bond motifs is 1. The molecule has 0 spiro atoms. The molecule has 0 saturated heterocycles. The van der Waals surface area contributed by atoms with Crippen LogP contribution in [-0.2, 0) is 12.4 Å². The van der Waals surface area contributed by atoms with Gasteiger partial charge in [0.05, 0.1) is 16.9 Å². The second-order valence-corrected chi connectivity index (χ2v) is 4.81. The summed E-state index contributed by atoms with van der Waals surface area (Å²) in [6.07, 6.45) is 3.61. The van der Waals surface area contributed by atoms with E-state index >= 15 is 0 Å². The number of para-hydroxylation sites is 1. The molecule has 0 aliphatic carbocycles. The maximum Gasteiger partial charge on any atom is 0.125 e. The quantitative estimate of drug-likeness (QED) is 0.683. The fourth-order valence-corrected chi connectivity index (χ4v) is 2.56. The number of nitrogens with zero attached hydrogens (tertiary/aromatic N) is 3. The van der Waals surface area contributed by atoms with Crippen molar-refractivity contribution >= 4 is 22.6 Å². The summed E-state index contributed by atoms with van der Waals surface area (Å²) in [5, 5.41) is 0. The van der Waals surface area contributed by atoms with Crippen LogP contribution in [0.15, 0.2) is 42.7 Å². The van der Waals surface area contributed by atoms with E-state index < -0.39 is 0 Å². The second kappa shape index (κ2) is 5.02. The highest BCUT2D eigenvalue weighted by atomic mass is 35.5. The van der Waals surface area contributed by atoms with Crippen LogP contribution in [0.1, 0.15) is 17.0 Å². The number of hydrogen-bond donors (Lipinski definition) is 0. The molecule has 0 bridgehead atoms. The van der Waals surface area contributed by atoms with Crippen LogP contribution in [0.25, 0.3) is 11.0 Å². The van der Waals surface area contributed by atoms with Crippen molar-refractivity contribution in [2.24, 2.45) is 0 Å². The van der Waals surface area contributed by atoms with Gasteiger partial charge in [-0.1, -0.05) is 12.1 Å². The highest BCUT2D eigenvalue weighted by molar-refractivity contribution is 6.16. The van der Waals surface area contributed by atoms with Crippen LogP contribution in [0, 0.1) is 6.92 Å². The van der Waals surface area contributed by atoms with Crippen LogP contribution < -0.4 is 0 Å². The van der Waals surface area contributed by atoms with Crippen LogP contribution in [0.2, 0.25) is 0 Å². The van der Waals surface area contributed by atoms with Crippen molar-refractivity contribution in [2.45, 2.75) is 19.3 Å². The van der Waals surface area contributed by atoms with Crippen LogP contribution in [-0.4, -0.2) is 14.5 Å². The first-order valence-corrected chi connectivity index (χ1v) is 6.72. The van der Waals surface area contributed by atoms with Gasteiger partial charge in [0.2, 0.25) is 0 Å². The Hall–Kier alpha value is -1.87. The van der Waals surface area contributed by atoms with E-state index in [9.17, 15) is 0 Å². The first kappa shape index (κ1) is 12.2. The van der Waals surface area contributed by atoms with Gasteiger partial charge in [0, 0.05) is 18.9 Å². The maximum atomic E-state index is 6.03. The number of pyridine rings is 1. The van der Waals surface area contributed by atoms with Crippen LogP contribution >= 0.6 is 11.6 Å². The largest absolute Gasteiger partial charge is 0.322 e. The lowest BCUT2D eigenvalue weighted by Gasteiger charge is -2.09. The number of hydrogen-bond acceptors (Lipinski definition) is 2. The zero-order valence-electron chi connectivity index (χ0n) is 10.7. The van der Waals surface area contributed by atoms with E-state index in [1.54, 1.807) is 0 Å². The summed E-state index contributed by atoms with van der Waals surface area (Å²) >= 11 is 6.03. The third-order valence-electron chi connectivity index (χ3n) is 3.26. The average molecular weight is 272 g/mol. The molecule has 0 radical (unpaired) electrons. The molecule has 96 valence electrons. The Kier molecular flexibility index (Phi) is 3.22. The minimum absolute atomic E-state index is 0.416. The molecule has 0 aliphatic heterocycles. The van der Waals surface area contributed by atoms with Gasteiger partial charge in [-0.25, -0.2) is 4.98 Å². The summed E-state index contributed by atoms with van der Waals surface area (Å²) in [6.45, 7) is 2.87. The van der Waals surface area contributed by atoms with Gasteiger partial charge in [-0.3, -0.25) is 4.98 Å². The third kappa shape index (κ3) is 2.22. The Labute approximate surface area is 116 Å². The zero-order chi connectivity index (χ0) is 13.2. The Morgan fingerprint density at radius 2 is 1.95 bits per heavy atom. The Bertz CT molecular complexity index is 704. The molecule has 0 aliphatic rings. The van der Waals surface area contributed by atoms with E-state index in [0.717, 1.165) is 23.4 Å². The van der Waals surface area contributed by atoms with Gasteiger partial charge in [-0.05, 0) is 36.2 Å². The molecule has 3 aromatic rings. The summed E-state index contributed by atoms with van der Waals surface area (Å²) in [5.74, 6) is 1.32. The molecule has 0 unspecified atom stereocenters. The topological polar surface area (TPSA) is 30.7 Å². The summed E-state index contributed by atoms with van der Waals surface area (Å²) in [4.78, 5) is 8.65. The number of aromatic nitrogens is 3. The average Bonchev–Trinajstić information content (AvgIpc) is 2.79. The first-order chi connectivity index (χ1) is 9.29. The zero-order valence-corrected chi connectivity index (χ0v) is 11.4. The fourth-order valence-electron chi connectivity index (χ4n) is 2.36. The molecule has 0 saturated carbocycles. The number of rotatable bonds is 3. The van der Waals surface area contributed by atoms with Gasteiger partial charge in [0.25, 0.3) is 0 Å². The van der Waals surface area contributed by atoms with E-state index in [-0.39, 0.29) is 0 Å². The molecule has 0 amide bonds. The lowest BCUT2D eigenvalue weighted by molar-refractivity contribution is 0.775. The molecule has 0 N–H and O–H groups in total. The van der Waals surface area contributed by atoms with Crippen LogP contribution in [0.4, 0.5) is 0 Å². The summed E-state index contributed by atoms with van der Waals surface area (Å²) < 4.78 is 2.19. The van der Waals surface area contributed by atoms with Gasteiger partial charge in [-0.15, -0.1) is 11.6 Å². The molecule has 0 atom stereocenters. The van der Waals surface area contributed by atoms with E-state index in [1.165, 1.54) is 11.1 Å². The van der Waals surface area contributed by atoms with Crippen LogP contribution in [0.3, 0.4) is 0 Å². The van der Waals surface area contributed by atoms with E-state index in [2.05, 4.69) is 27.5 Å². The minimum Gasteiger partial charge on any atom is -0.322 e. The molecule has 3 rings (SSSR count). The molecule has 2 aromatic heterocycles. The monoisotopic (exact) mass is 271 g/mol. The highest BCUT2D eigenvalue weighted by Gasteiger charge is 2.11. The summed E-state index contributed by atoms with van der Waals surface area (Å²) in [5.41, 5.74) is 4.58. The predicted octanol–water partition coefficient (Wildman–Crippen LogP) is 3.53. The lowest BCUT2D eigenvalue weighted by atomic mass is 10.2. The maximum absolute atomic E-state index is 6.03. The standard InChI is InChI=1S/C15H14ClN3/c1-11-3-2-4-13-15(11)19(14(9-16)18-13)10-12-5-7-17-8-6-12/h2-8H,9-10H2,1H3. The molecule has 1 aromatic carbocycles. The number of alkyl halides is 1. The van der Waals surface area contributed by atoms with Gasteiger partial charge in [0.15, 0.2) is 0 Å². The molecule has 3 nitrogen and oxygen atoms in total. The van der Waals surface area contributed by atoms with E-state index in [1.807, 2.05) is 36.7 Å². The van der Waals surface area contributed by atoms with Crippen LogP contribution in [0.5, 0.6) is 0 Å². The molecular weight excluding hydrogens is 258 g/mol. The molecule has 0 fully saturated rings. The normalized spacial score (nSPS) is 11.1. The molecule has 4 heteroatoms. The van der Waals surface area contributed by atoms with Gasteiger partial charge in [-0.2, -0.15) is 0 Å². The number of benzene rings is 1. The van der Waals surface area contributed by atoms with Gasteiger partial charge >= 0.3 is 0 Å². The van der Waals surface area contributed by atoms with E-state index in [4.69, 9.17) is 11.6 Å². The van der Waals surface area contributed by atoms with Gasteiger partial charge in [0.1, 0.15) is 5.82 Å². The molecule has 2 heterocycles. The number of aryl methyl sites for hydroxylation is 1. The van der Waals surface area contributed by atoms with Crippen molar-refractivity contribution in [3.63, 3.8) is 0 Å². The van der Waals surface area contributed by atoms with Crippen molar-refractivity contribution in [3.05, 3.63) is 59.7 Å². The Balaban J connectivity index is 2.16. The van der Waals surface area contributed by atoms with Crippen molar-refractivity contribution < 1.29 is 0 Å². The van der Waals surface area contributed by atoms with E-state index in [0.29, 0.717) is 5.88 Å². The number of imidazole rings is 1. The fraction of sp³-hybridized carbons (Fsp3) is 0.200. The second-order valence-electron chi connectivity index (χ2n) is 4.55. The van der Waals surface area contributed by atoms with Crippen molar-refractivity contribution in [1.82, 2.24) is 14.5 Å². The Morgan fingerprint density at radius 3 is 2.68 bits per heavy atom. The van der Waals surface area contributed by atoms with Crippen molar-refractivity contribution in [1.29, 1.82) is 0 Å². The summed E-state index contributed by atoms with van der Waals surface area (Å²) in [7, 11) is 0. The number of halogens is 1.